The van der Waals surface area contributed by atoms with E-state index in [1.165, 1.54) is 6.20 Å². The van der Waals surface area contributed by atoms with E-state index in [2.05, 4.69) is 11.1 Å². The van der Waals surface area contributed by atoms with Crippen molar-refractivity contribution in [2.75, 3.05) is 25.1 Å². The lowest BCUT2D eigenvalue weighted by molar-refractivity contribution is 0.0526. The van der Waals surface area contributed by atoms with E-state index < -0.39 is 0 Å². The minimum Gasteiger partial charge on any atom is -0.462 e. The molecule has 0 aliphatic carbocycles. The number of esters is 1. The van der Waals surface area contributed by atoms with Gasteiger partial charge in [-0.3, -0.25) is 0 Å². The summed E-state index contributed by atoms with van der Waals surface area (Å²) in [6.45, 7) is 4.56. The molecule has 1 rings (SSSR count). The SMILES string of the molecule is CCOC(=O)c1ccc(N(C)CC(C)C#N)nc1. The van der Waals surface area contributed by atoms with Gasteiger partial charge in [-0.15, -0.1) is 0 Å². The van der Waals surface area contributed by atoms with Gasteiger partial charge in [0, 0.05) is 19.8 Å². The fourth-order valence-corrected chi connectivity index (χ4v) is 1.49. The van der Waals surface area contributed by atoms with Crippen LogP contribution in [0.25, 0.3) is 0 Å². The molecule has 5 heteroatoms. The zero-order valence-electron chi connectivity index (χ0n) is 10.9. The maximum absolute atomic E-state index is 11.4. The van der Waals surface area contributed by atoms with Crippen LogP contribution in [-0.2, 0) is 4.74 Å². The summed E-state index contributed by atoms with van der Waals surface area (Å²) in [7, 11) is 1.86. The van der Waals surface area contributed by atoms with Gasteiger partial charge in [-0.25, -0.2) is 9.78 Å². The van der Waals surface area contributed by atoms with Gasteiger partial charge in [0.25, 0.3) is 0 Å². The molecule has 0 aromatic carbocycles. The molecule has 0 N–H and O–H groups in total. The van der Waals surface area contributed by atoms with Gasteiger partial charge in [-0.1, -0.05) is 0 Å². The first-order valence-electron chi connectivity index (χ1n) is 5.82. The number of pyridine rings is 1. The van der Waals surface area contributed by atoms with Crippen LogP contribution in [0.3, 0.4) is 0 Å². The van der Waals surface area contributed by atoms with Crippen LogP contribution in [0, 0.1) is 17.2 Å². The molecule has 0 bridgehead atoms. The van der Waals surface area contributed by atoms with E-state index in [0.29, 0.717) is 18.7 Å². The Hall–Kier alpha value is -2.09. The summed E-state index contributed by atoms with van der Waals surface area (Å²) >= 11 is 0. The van der Waals surface area contributed by atoms with Gasteiger partial charge in [0.2, 0.25) is 0 Å². The van der Waals surface area contributed by atoms with E-state index in [0.717, 1.165) is 5.82 Å². The lowest BCUT2D eigenvalue weighted by Gasteiger charge is -2.19. The number of nitriles is 1. The van der Waals surface area contributed by atoms with Crippen LogP contribution in [-0.4, -0.2) is 31.2 Å². The molecule has 0 saturated heterocycles. The second-order valence-electron chi connectivity index (χ2n) is 4.04. The summed E-state index contributed by atoms with van der Waals surface area (Å²) in [6.07, 6.45) is 1.49. The Balaban J connectivity index is 2.71. The smallest absolute Gasteiger partial charge is 0.339 e. The van der Waals surface area contributed by atoms with Crippen molar-refractivity contribution in [2.24, 2.45) is 5.92 Å². The molecule has 0 aliphatic heterocycles. The van der Waals surface area contributed by atoms with Gasteiger partial charge in [0.1, 0.15) is 5.82 Å². The summed E-state index contributed by atoms with van der Waals surface area (Å²) in [5.74, 6) is 0.288. The Labute approximate surface area is 107 Å². The molecule has 0 amide bonds. The highest BCUT2D eigenvalue weighted by atomic mass is 16.5. The van der Waals surface area contributed by atoms with E-state index in [1.54, 1.807) is 19.1 Å². The lowest BCUT2D eigenvalue weighted by atomic mass is 10.2. The van der Waals surface area contributed by atoms with Crippen molar-refractivity contribution in [3.63, 3.8) is 0 Å². The normalized spacial score (nSPS) is 11.4. The first-order chi connectivity index (χ1) is 8.58. The molecule has 5 nitrogen and oxygen atoms in total. The first-order valence-corrected chi connectivity index (χ1v) is 5.82. The van der Waals surface area contributed by atoms with Gasteiger partial charge >= 0.3 is 5.97 Å². The highest BCUT2D eigenvalue weighted by Crippen LogP contribution is 2.12. The zero-order chi connectivity index (χ0) is 13.5. The molecule has 1 heterocycles. The predicted molar refractivity (Wildman–Crippen MR) is 68.2 cm³/mol. The number of ether oxygens (including phenoxy) is 1. The molecule has 1 atom stereocenters. The van der Waals surface area contributed by atoms with Crippen LogP contribution in [0.2, 0.25) is 0 Å². The molecular weight excluding hydrogens is 230 g/mol. The number of anilines is 1. The summed E-state index contributed by atoms with van der Waals surface area (Å²) in [5, 5.41) is 8.75. The Kier molecular flexibility index (Phi) is 5.12. The maximum atomic E-state index is 11.4. The predicted octanol–water partition coefficient (Wildman–Crippen LogP) is 1.85. The van der Waals surface area contributed by atoms with Crippen LogP contribution in [0.4, 0.5) is 5.82 Å². The van der Waals surface area contributed by atoms with Crippen molar-refractivity contribution >= 4 is 11.8 Å². The minimum absolute atomic E-state index is 0.0680. The minimum atomic E-state index is -0.371. The van der Waals surface area contributed by atoms with E-state index in [1.807, 2.05) is 18.9 Å². The van der Waals surface area contributed by atoms with Gasteiger partial charge in [-0.2, -0.15) is 5.26 Å². The van der Waals surface area contributed by atoms with Crippen molar-refractivity contribution in [1.29, 1.82) is 5.26 Å². The quantitative estimate of drug-likeness (QED) is 0.743. The first kappa shape index (κ1) is 14.0. The number of rotatable bonds is 5. The van der Waals surface area contributed by atoms with Gasteiger partial charge in [0.15, 0.2) is 0 Å². The van der Waals surface area contributed by atoms with Gasteiger partial charge in [0.05, 0.1) is 24.2 Å². The van der Waals surface area contributed by atoms with E-state index >= 15 is 0 Å². The average Bonchev–Trinajstić information content (AvgIpc) is 2.39. The van der Waals surface area contributed by atoms with Crippen LogP contribution >= 0.6 is 0 Å². The zero-order valence-corrected chi connectivity index (χ0v) is 10.9. The van der Waals surface area contributed by atoms with Crippen molar-refractivity contribution in [3.8, 4) is 6.07 Å². The molecule has 1 aromatic rings. The molecule has 0 radical (unpaired) electrons. The topological polar surface area (TPSA) is 66.2 Å². The third-order valence-corrected chi connectivity index (χ3v) is 2.42. The molecule has 1 unspecified atom stereocenters. The molecular formula is C13H17N3O2. The molecule has 0 spiro atoms. The number of carbonyl (C=O) groups excluding carboxylic acids is 1. The molecule has 0 aliphatic rings. The largest absolute Gasteiger partial charge is 0.462 e. The summed E-state index contributed by atoms with van der Waals surface area (Å²) in [5.41, 5.74) is 0.433. The van der Waals surface area contributed by atoms with Crippen molar-refractivity contribution in [3.05, 3.63) is 23.9 Å². The fourth-order valence-electron chi connectivity index (χ4n) is 1.49. The summed E-state index contributed by atoms with van der Waals surface area (Å²) < 4.78 is 4.87. The highest BCUT2D eigenvalue weighted by molar-refractivity contribution is 5.89. The number of hydrogen-bond acceptors (Lipinski definition) is 5. The molecule has 1 aromatic heterocycles. The molecule has 96 valence electrons. The van der Waals surface area contributed by atoms with Crippen molar-refractivity contribution in [1.82, 2.24) is 4.98 Å². The summed E-state index contributed by atoms with van der Waals surface area (Å²) in [4.78, 5) is 17.5. The van der Waals surface area contributed by atoms with Crippen LogP contribution in [0.5, 0.6) is 0 Å². The molecule has 18 heavy (non-hydrogen) atoms. The fraction of sp³-hybridized carbons (Fsp3) is 0.462. The van der Waals surface area contributed by atoms with E-state index in [9.17, 15) is 4.79 Å². The maximum Gasteiger partial charge on any atom is 0.339 e. The van der Waals surface area contributed by atoms with Gasteiger partial charge < -0.3 is 9.64 Å². The summed E-state index contributed by atoms with van der Waals surface area (Å²) in [6, 6.07) is 5.59. The second-order valence-corrected chi connectivity index (χ2v) is 4.04. The van der Waals surface area contributed by atoms with Crippen LogP contribution in [0.15, 0.2) is 18.3 Å². The standard InChI is InChI=1S/C13H17N3O2/c1-4-18-13(17)11-5-6-12(15-8-11)16(3)9-10(2)7-14/h5-6,8,10H,4,9H2,1-3H3. The Morgan fingerprint density at radius 1 is 1.61 bits per heavy atom. The van der Waals surface area contributed by atoms with Crippen molar-refractivity contribution in [2.45, 2.75) is 13.8 Å². The Morgan fingerprint density at radius 3 is 2.83 bits per heavy atom. The highest BCUT2D eigenvalue weighted by Gasteiger charge is 2.10. The Bertz CT molecular complexity index is 437. The van der Waals surface area contributed by atoms with Crippen LogP contribution < -0.4 is 4.90 Å². The average molecular weight is 247 g/mol. The monoisotopic (exact) mass is 247 g/mol. The van der Waals surface area contributed by atoms with Gasteiger partial charge in [-0.05, 0) is 26.0 Å². The van der Waals surface area contributed by atoms with E-state index in [4.69, 9.17) is 10.00 Å². The van der Waals surface area contributed by atoms with E-state index in [-0.39, 0.29) is 11.9 Å². The molecule has 0 saturated carbocycles. The van der Waals surface area contributed by atoms with Crippen LogP contribution in [0.1, 0.15) is 24.2 Å². The number of hydrogen-bond donors (Lipinski definition) is 0. The third-order valence-electron chi connectivity index (χ3n) is 2.42. The molecule has 0 fully saturated rings. The number of aromatic nitrogens is 1. The lowest BCUT2D eigenvalue weighted by Crippen LogP contribution is -2.24. The van der Waals surface area contributed by atoms with Crippen molar-refractivity contribution < 1.29 is 9.53 Å². The number of carbonyl (C=O) groups is 1. The Morgan fingerprint density at radius 2 is 2.33 bits per heavy atom. The second kappa shape index (κ2) is 6.60. The third kappa shape index (κ3) is 3.74. The number of nitrogens with zero attached hydrogens (tertiary/aromatic N) is 3.